The van der Waals surface area contributed by atoms with Crippen LogP contribution in [-0.2, 0) is 0 Å². The molecule has 22 heavy (non-hydrogen) atoms. The van der Waals surface area contributed by atoms with Crippen molar-refractivity contribution in [3.63, 3.8) is 0 Å². The highest BCUT2D eigenvalue weighted by Crippen LogP contribution is 2.22. The van der Waals surface area contributed by atoms with Gasteiger partial charge in [0.25, 0.3) is 0 Å². The van der Waals surface area contributed by atoms with Gasteiger partial charge in [0.2, 0.25) is 0 Å². The van der Waals surface area contributed by atoms with Gasteiger partial charge in [0.15, 0.2) is 5.82 Å². The highest BCUT2D eigenvalue weighted by molar-refractivity contribution is 5.54. The van der Waals surface area contributed by atoms with Crippen molar-refractivity contribution in [3.8, 4) is 17.1 Å². The minimum Gasteiger partial charge on any atom is -0.497 e. The minimum atomic E-state index is -0.444. The van der Waals surface area contributed by atoms with Crippen LogP contribution in [0.15, 0.2) is 48.5 Å². The number of methoxy groups -OCH3 is 1. The molecule has 1 aromatic heterocycles. The fraction of sp³-hybridized carbons (Fsp3) is 0.125. The first-order chi connectivity index (χ1) is 10.7. The lowest BCUT2D eigenvalue weighted by molar-refractivity contribution is 0.414. The molecule has 3 rings (SSSR count). The number of halogens is 1. The average Bonchev–Trinajstić information content (AvgIpc) is 3.04. The van der Waals surface area contributed by atoms with Crippen LogP contribution in [0.3, 0.4) is 0 Å². The Bertz CT molecular complexity index is 770. The Hall–Kier alpha value is -2.73. The van der Waals surface area contributed by atoms with E-state index in [1.165, 1.54) is 12.1 Å². The van der Waals surface area contributed by atoms with Crippen molar-refractivity contribution in [1.82, 2.24) is 15.2 Å². The summed E-state index contributed by atoms with van der Waals surface area (Å²) in [6.45, 7) is 0. The molecule has 0 aliphatic heterocycles. The van der Waals surface area contributed by atoms with Gasteiger partial charge in [0, 0.05) is 5.56 Å². The third-order valence-corrected chi connectivity index (χ3v) is 3.36. The molecule has 2 aromatic carbocycles. The monoisotopic (exact) mass is 298 g/mol. The molecule has 0 saturated carbocycles. The Balaban J connectivity index is 1.86. The van der Waals surface area contributed by atoms with E-state index in [1.54, 1.807) is 19.2 Å². The Morgan fingerprint density at radius 3 is 2.64 bits per heavy atom. The van der Waals surface area contributed by atoms with Gasteiger partial charge in [-0.05, 0) is 29.8 Å². The van der Waals surface area contributed by atoms with Gasteiger partial charge < -0.3 is 10.5 Å². The van der Waals surface area contributed by atoms with Crippen LogP contribution in [0.4, 0.5) is 4.39 Å². The van der Waals surface area contributed by atoms with Crippen molar-refractivity contribution >= 4 is 0 Å². The van der Waals surface area contributed by atoms with Gasteiger partial charge in [-0.15, -0.1) is 0 Å². The second kappa shape index (κ2) is 5.95. The summed E-state index contributed by atoms with van der Waals surface area (Å²) >= 11 is 0. The highest BCUT2D eigenvalue weighted by atomic mass is 19.1. The zero-order valence-corrected chi connectivity index (χ0v) is 12.0. The molecule has 5 nitrogen and oxygen atoms in total. The molecular weight excluding hydrogens is 283 g/mol. The fourth-order valence-electron chi connectivity index (χ4n) is 2.14. The molecule has 3 N–H and O–H groups in total. The molecule has 112 valence electrons. The molecular formula is C16H15FN4O. The molecule has 0 radical (unpaired) electrons. The van der Waals surface area contributed by atoms with Crippen molar-refractivity contribution in [2.24, 2.45) is 5.73 Å². The maximum atomic E-state index is 13.3. The van der Waals surface area contributed by atoms with E-state index in [0.717, 1.165) is 11.3 Å². The van der Waals surface area contributed by atoms with Crippen LogP contribution in [0.1, 0.15) is 17.4 Å². The number of nitrogens with two attached hydrogens (primary N) is 1. The first kappa shape index (κ1) is 14.2. The number of nitrogens with zero attached hydrogens (tertiary/aromatic N) is 2. The molecule has 0 saturated heterocycles. The molecule has 0 unspecified atom stereocenters. The number of aromatic amines is 1. The number of rotatable bonds is 4. The minimum absolute atomic E-state index is 0.330. The second-order valence-electron chi connectivity index (χ2n) is 4.81. The third kappa shape index (κ3) is 2.82. The molecule has 0 amide bonds. The zero-order valence-electron chi connectivity index (χ0n) is 12.0. The Morgan fingerprint density at radius 1 is 1.18 bits per heavy atom. The second-order valence-corrected chi connectivity index (χ2v) is 4.81. The Morgan fingerprint density at radius 2 is 1.95 bits per heavy atom. The normalized spacial score (nSPS) is 12.1. The van der Waals surface area contributed by atoms with Crippen molar-refractivity contribution in [2.75, 3.05) is 7.11 Å². The van der Waals surface area contributed by atoms with Crippen LogP contribution in [-0.4, -0.2) is 22.3 Å². The van der Waals surface area contributed by atoms with Gasteiger partial charge in [-0.25, -0.2) is 9.37 Å². The lowest BCUT2D eigenvalue weighted by atomic mass is 10.1. The largest absolute Gasteiger partial charge is 0.497 e. The summed E-state index contributed by atoms with van der Waals surface area (Å²) in [5.41, 5.74) is 7.66. The molecule has 6 heteroatoms. The quantitative estimate of drug-likeness (QED) is 0.776. The summed E-state index contributed by atoms with van der Waals surface area (Å²) in [6.07, 6.45) is 0. The van der Waals surface area contributed by atoms with Gasteiger partial charge >= 0.3 is 0 Å². The molecule has 1 atom stereocenters. The standard InChI is InChI=1S/C16H15FN4O/c1-22-13-7-5-10(6-8-13)14(18)16-19-15(20-21-16)11-3-2-4-12(17)9-11/h2-9,14H,18H2,1H3,(H,19,20,21)/t14-/m1/s1. The van der Waals surface area contributed by atoms with Gasteiger partial charge in [-0.1, -0.05) is 24.3 Å². The van der Waals surface area contributed by atoms with Crippen LogP contribution in [0.5, 0.6) is 5.75 Å². The van der Waals surface area contributed by atoms with Crippen LogP contribution in [0, 0.1) is 5.82 Å². The maximum absolute atomic E-state index is 13.3. The lowest BCUT2D eigenvalue weighted by Gasteiger charge is -2.09. The van der Waals surface area contributed by atoms with Crippen molar-refractivity contribution in [2.45, 2.75) is 6.04 Å². The third-order valence-electron chi connectivity index (χ3n) is 3.36. The number of benzene rings is 2. The molecule has 0 fully saturated rings. The molecule has 0 aliphatic rings. The van der Waals surface area contributed by atoms with E-state index < -0.39 is 6.04 Å². The molecule has 0 spiro atoms. The molecule has 1 heterocycles. The van der Waals surface area contributed by atoms with E-state index in [4.69, 9.17) is 10.5 Å². The lowest BCUT2D eigenvalue weighted by Crippen LogP contribution is -2.13. The van der Waals surface area contributed by atoms with E-state index >= 15 is 0 Å². The fourth-order valence-corrected chi connectivity index (χ4v) is 2.14. The van der Waals surface area contributed by atoms with Gasteiger partial charge in [0.05, 0.1) is 13.2 Å². The predicted octanol–water partition coefficient (Wildman–Crippen LogP) is 2.67. The number of hydrogen-bond acceptors (Lipinski definition) is 4. The van der Waals surface area contributed by atoms with Crippen LogP contribution < -0.4 is 10.5 Å². The van der Waals surface area contributed by atoms with E-state index in [9.17, 15) is 4.39 Å². The van der Waals surface area contributed by atoms with Crippen LogP contribution in [0.25, 0.3) is 11.4 Å². The van der Waals surface area contributed by atoms with E-state index in [0.29, 0.717) is 17.2 Å². The number of hydrogen-bond donors (Lipinski definition) is 2. The number of aromatic nitrogens is 3. The summed E-state index contributed by atoms with van der Waals surface area (Å²) in [6, 6.07) is 13.1. The molecule has 3 aromatic rings. The average molecular weight is 298 g/mol. The van der Waals surface area contributed by atoms with Crippen LogP contribution in [0.2, 0.25) is 0 Å². The zero-order chi connectivity index (χ0) is 15.5. The first-order valence-electron chi connectivity index (χ1n) is 6.75. The number of H-pyrrole nitrogens is 1. The summed E-state index contributed by atoms with van der Waals surface area (Å²) in [5, 5.41) is 6.91. The predicted molar refractivity (Wildman–Crippen MR) is 80.8 cm³/mol. The van der Waals surface area contributed by atoms with Crippen molar-refractivity contribution in [3.05, 3.63) is 65.7 Å². The maximum Gasteiger partial charge on any atom is 0.181 e. The molecule has 0 bridgehead atoms. The Kier molecular flexibility index (Phi) is 3.84. The van der Waals surface area contributed by atoms with Crippen molar-refractivity contribution in [1.29, 1.82) is 0 Å². The number of nitrogens with one attached hydrogen (secondary N) is 1. The summed E-state index contributed by atoms with van der Waals surface area (Å²) in [4.78, 5) is 4.35. The van der Waals surface area contributed by atoms with Gasteiger partial charge in [0.1, 0.15) is 17.4 Å². The topological polar surface area (TPSA) is 76.8 Å². The van der Waals surface area contributed by atoms with E-state index in [2.05, 4.69) is 15.2 Å². The molecule has 0 aliphatic carbocycles. The number of ether oxygens (including phenoxy) is 1. The van der Waals surface area contributed by atoms with Crippen LogP contribution >= 0.6 is 0 Å². The Labute approximate surface area is 127 Å². The SMILES string of the molecule is COc1ccc([C@@H](N)c2nc(-c3cccc(F)c3)n[nH]2)cc1. The van der Waals surface area contributed by atoms with E-state index in [1.807, 2.05) is 24.3 Å². The smallest absolute Gasteiger partial charge is 0.181 e. The van der Waals surface area contributed by atoms with Crippen molar-refractivity contribution < 1.29 is 9.13 Å². The first-order valence-corrected chi connectivity index (χ1v) is 6.75. The van der Waals surface area contributed by atoms with Gasteiger partial charge in [-0.3, -0.25) is 5.10 Å². The van der Waals surface area contributed by atoms with E-state index in [-0.39, 0.29) is 5.82 Å². The highest BCUT2D eigenvalue weighted by Gasteiger charge is 2.15. The van der Waals surface area contributed by atoms with Gasteiger partial charge in [-0.2, -0.15) is 5.10 Å². The summed E-state index contributed by atoms with van der Waals surface area (Å²) in [7, 11) is 1.61. The summed E-state index contributed by atoms with van der Waals surface area (Å²) in [5.74, 6) is 1.36. The summed E-state index contributed by atoms with van der Waals surface area (Å²) < 4.78 is 18.4.